The molecule has 1 amide bonds. The summed E-state index contributed by atoms with van der Waals surface area (Å²) in [5, 5.41) is 0. The number of nitrogen functional groups attached to an aromatic ring is 1. The van der Waals surface area contributed by atoms with Crippen LogP contribution in [0.2, 0.25) is 0 Å². The van der Waals surface area contributed by atoms with Crippen LogP contribution in [-0.2, 0) is 16.6 Å². The summed E-state index contributed by atoms with van der Waals surface area (Å²) >= 11 is 0. The summed E-state index contributed by atoms with van der Waals surface area (Å²) in [4.78, 5) is 11.9. The summed E-state index contributed by atoms with van der Waals surface area (Å²) in [5.74, 6) is 5.17. The number of benzene rings is 2. The van der Waals surface area contributed by atoms with E-state index in [1.54, 1.807) is 42.5 Å². The number of carbonyl (C=O) groups is 1. The second-order valence-corrected chi connectivity index (χ2v) is 7.62. The lowest BCUT2D eigenvalue weighted by molar-refractivity contribution is 0.0953. The second-order valence-electron chi connectivity index (χ2n) is 5.57. The molecule has 7 nitrogen and oxygen atoms in total. The van der Waals surface area contributed by atoms with E-state index in [-0.39, 0.29) is 11.4 Å². The van der Waals surface area contributed by atoms with E-state index in [1.165, 1.54) is 18.5 Å². The smallest absolute Gasteiger partial charge is 0.265 e. The van der Waals surface area contributed by atoms with Crippen LogP contribution in [0.25, 0.3) is 0 Å². The van der Waals surface area contributed by atoms with E-state index in [2.05, 4.69) is 0 Å². The summed E-state index contributed by atoms with van der Waals surface area (Å²) in [6.07, 6.45) is 0. The predicted molar refractivity (Wildman–Crippen MR) is 94.5 cm³/mol. The number of hydrazine groups is 1. The Balaban J connectivity index is 2.34. The van der Waals surface area contributed by atoms with E-state index >= 15 is 0 Å². The standard InChI is InChI=1S/C17H21N3O4S/c1-12-4-7-15(8-5-12)25(22,23)20(2)11-14-10-13(17(21)19-18)6-9-16(14)24-3/h4-10H,11,18H2,1-3H3,(H,19,21). The third kappa shape index (κ3) is 4.16. The lowest BCUT2D eigenvalue weighted by Gasteiger charge is -2.19. The Labute approximate surface area is 147 Å². The summed E-state index contributed by atoms with van der Waals surface area (Å²) in [7, 11) is -0.706. The Kier molecular flexibility index (Phi) is 5.78. The van der Waals surface area contributed by atoms with Crippen LogP contribution in [0.15, 0.2) is 47.4 Å². The molecule has 0 radical (unpaired) electrons. The number of sulfonamides is 1. The van der Waals surface area contributed by atoms with Crippen molar-refractivity contribution in [1.29, 1.82) is 0 Å². The van der Waals surface area contributed by atoms with E-state index in [9.17, 15) is 13.2 Å². The molecule has 0 aliphatic heterocycles. The topological polar surface area (TPSA) is 102 Å². The molecular weight excluding hydrogens is 342 g/mol. The molecule has 134 valence electrons. The minimum absolute atomic E-state index is 0.0467. The van der Waals surface area contributed by atoms with Crippen molar-refractivity contribution >= 4 is 15.9 Å². The first kappa shape index (κ1) is 18.9. The van der Waals surface area contributed by atoms with E-state index in [0.29, 0.717) is 16.9 Å². The molecule has 3 N–H and O–H groups in total. The zero-order valence-corrected chi connectivity index (χ0v) is 15.1. The van der Waals surface area contributed by atoms with Crippen molar-refractivity contribution < 1.29 is 17.9 Å². The Morgan fingerprint density at radius 1 is 1.20 bits per heavy atom. The fraction of sp³-hybridized carbons (Fsp3) is 0.235. The highest BCUT2D eigenvalue weighted by Crippen LogP contribution is 2.24. The normalized spacial score (nSPS) is 11.4. The van der Waals surface area contributed by atoms with Gasteiger partial charge in [0.25, 0.3) is 5.91 Å². The lowest BCUT2D eigenvalue weighted by Crippen LogP contribution is -2.30. The molecule has 0 saturated carbocycles. The van der Waals surface area contributed by atoms with Crippen molar-refractivity contribution in [2.75, 3.05) is 14.2 Å². The van der Waals surface area contributed by atoms with Gasteiger partial charge in [-0.15, -0.1) is 0 Å². The Bertz CT molecular complexity index is 864. The van der Waals surface area contributed by atoms with Crippen molar-refractivity contribution in [1.82, 2.24) is 9.73 Å². The van der Waals surface area contributed by atoms with Gasteiger partial charge >= 0.3 is 0 Å². The molecule has 0 heterocycles. The molecule has 25 heavy (non-hydrogen) atoms. The quantitative estimate of drug-likeness (QED) is 0.459. The fourth-order valence-corrected chi connectivity index (χ4v) is 3.49. The van der Waals surface area contributed by atoms with Crippen LogP contribution in [0, 0.1) is 6.92 Å². The van der Waals surface area contributed by atoms with Gasteiger partial charge < -0.3 is 4.74 Å². The number of hydrogen-bond donors (Lipinski definition) is 2. The summed E-state index contributed by atoms with van der Waals surface area (Å²) in [6.45, 7) is 1.93. The predicted octanol–water partition coefficient (Wildman–Crippen LogP) is 1.43. The maximum absolute atomic E-state index is 12.7. The molecule has 0 spiro atoms. The van der Waals surface area contributed by atoms with E-state index < -0.39 is 15.9 Å². The van der Waals surface area contributed by atoms with Crippen LogP contribution < -0.4 is 16.0 Å². The van der Waals surface area contributed by atoms with Gasteiger partial charge in [-0.3, -0.25) is 10.2 Å². The second kappa shape index (κ2) is 7.64. The minimum atomic E-state index is -3.67. The van der Waals surface area contributed by atoms with Gasteiger partial charge in [0.15, 0.2) is 0 Å². The van der Waals surface area contributed by atoms with Gasteiger partial charge in [-0.2, -0.15) is 4.31 Å². The third-order valence-electron chi connectivity index (χ3n) is 3.80. The van der Waals surface area contributed by atoms with Crippen molar-refractivity contribution in [3.8, 4) is 5.75 Å². The first-order valence-electron chi connectivity index (χ1n) is 7.50. The highest BCUT2D eigenvalue weighted by atomic mass is 32.2. The van der Waals surface area contributed by atoms with E-state index in [1.807, 2.05) is 12.3 Å². The van der Waals surface area contributed by atoms with Crippen LogP contribution in [0.5, 0.6) is 5.75 Å². The molecule has 0 aliphatic carbocycles. The number of amides is 1. The molecule has 0 atom stereocenters. The number of rotatable bonds is 6. The van der Waals surface area contributed by atoms with Crippen LogP contribution in [-0.4, -0.2) is 32.8 Å². The lowest BCUT2D eigenvalue weighted by atomic mass is 10.1. The molecule has 0 unspecified atom stereocenters. The number of ether oxygens (including phenoxy) is 1. The number of nitrogens with zero attached hydrogens (tertiary/aromatic N) is 1. The highest BCUT2D eigenvalue weighted by molar-refractivity contribution is 7.89. The monoisotopic (exact) mass is 363 g/mol. The first-order valence-corrected chi connectivity index (χ1v) is 8.94. The van der Waals surface area contributed by atoms with Crippen molar-refractivity contribution in [2.45, 2.75) is 18.4 Å². The summed E-state index contributed by atoms with van der Waals surface area (Å²) < 4.78 is 31.9. The van der Waals surface area contributed by atoms with Gasteiger partial charge in [0, 0.05) is 24.7 Å². The molecule has 0 bridgehead atoms. The van der Waals surface area contributed by atoms with Crippen LogP contribution >= 0.6 is 0 Å². The van der Waals surface area contributed by atoms with Gasteiger partial charge in [0.05, 0.1) is 12.0 Å². The molecule has 2 aromatic carbocycles. The molecule has 0 fully saturated rings. The van der Waals surface area contributed by atoms with E-state index in [0.717, 1.165) is 5.56 Å². The summed E-state index contributed by atoms with van der Waals surface area (Å²) in [5.41, 5.74) is 3.90. The van der Waals surface area contributed by atoms with Crippen LogP contribution in [0.4, 0.5) is 0 Å². The van der Waals surface area contributed by atoms with Crippen molar-refractivity contribution in [2.24, 2.45) is 5.84 Å². The molecular formula is C17H21N3O4S. The first-order chi connectivity index (χ1) is 11.8. The minimum Gasteiger partial charge on any atom is -0.496 e. The Morgan fingerprint density at radius 2 is 1.84 bits per heavy atom. The number of methoxy groups -OCH3 is 1. The SMILES string of the molecule is COc1ccc(C(=O)NN)cc1CN(C)S(=O)(=O)c1ccc(C)cc1. The molecule has 2 aromatic rings. The number of nitrogens with one attached hydrogen (secondary N) is 1. The fourth-order valence-electron chi connectivity index (χ4n) is 2.34. The van der Waals surface area contributed by atoms with Crippen LogP contribution in [0.3, 0.4) is 0 Å². The zero-order valence-electron chi connectivity index (χ0n) is 14.3. The van der Waals surface area contributed by atoms with Gasteiger partial charge in [0.2, 0.25) is 10.0 Å². The maximum Gasteiger partial charge on any atom is 0.265 e. The Hall–Kier alpha value is -2.42. The number of carbonyl (C=O) groups excluding carboxylic acids is 1. The zero-order chi connectivity index (χ0) is 18.6. The summed E-state index contributed by atoms with van der Waals surface area (Å²) in [6, 6.07) is 11.3. The van der Waals surface area contributed by atoms with E-state index in [4.69, 9.17) is 10.6 Å². The molecule has 8 heteroatoms. The van der Waals surface area contributed by atoms with Gasteiger partial charge in [0.1, 0.15) is 5.75 Å². The van der Waals surface area contributed by atoms with Gasteiger partial charge in [-0.05, 0) is 37.3 Å². The number of aryl methyl sites for hydroxylation is 1. The molecule has 2 rings (SSSR count). The maximum atomic E-state index is 12.7. The third-order valence-corrected chi connectivity index (χ3v) is 5.61. The van der Waals surface area contributed by atoms with Crippen LogP contribution in [0.1, 0.15) is 21.5 Å². The van der Waals surface area contributed by atoms with Crippen molar-refractivity contribution in [3.63, 3.8) is 0 Å². The number of nitrogens with two attached hydrogens (primary N) is 1. The average Bonchev–Trinajstić information content (AvgIpc) is 2.61. The van der Waals surface area contributed by atoms with Gasteiger partial charge in [-0.25, -0.2) is 14.3 Å². The Morgan fingerprint density at radius 3 is 2.40 bits per heavy atom. The van der Waals surface area contributed by atoms with Crippen molar-refractivity contribution in [3.05, 3.63) is 59.2 Å². The highest BCUT2D eigenvalue weighted by Gasteiger charge is 2.22. The average molecular weight is 363 g/mol. The molecule has 0 aromatic heterocycles. The molecule has 0 saturated heterocycles. The van der Waals surface area contributed by atoms with Gasteiger partial charge in [-0.1, -0.05) is 17.7 Å². The largest absolute Gasteiger partial charge is 0.496 e. The molecule has 0 aliphatic rings. The number of hydrogen-bond acceptors (Lipinski definition) is 5.